The highest BCUT2D eigenvalue weighted by molar-refractivity contribution is 6.30. The normalized spacial score (nSPS) is 13.5. The smallest absolute Gasteiger partial charge is 0.142 e. The number of rotatable bonds is 3. The Labute approximate surface area is 157 Å². The molecule has 0 radical (unpaired) electrons. The maximum atomic E-state index is 11.9. The molecule has 0 aromatic heterocycles. The van der Waals surface area contributed by atoms with Gasteiger partial charge in [-0.2, -0.15) is 0 Å². The van der Waals surface area contributed by atoms with Gasteiger partial charge in [-0.05, 0) is 46.2 Å². The van der Waals surface area contributed by atoms with Crippen molar-refractivity contribution in [1.29, 1.82) is 0 Å². The molecule has 0 saturated carbocycles. The van der Waals surface area contributed by atoms with Gasteiger partial charge in [0.15, 0.2) is 0 Å². The van der Waals surface area contributed by atoms with Crippen molar-refractivity contribution in [3.05, 3.63) is 113 Å². The first-order valence-electron chi connectivity index (χ1n) is 8.42. The summed E-state index contributed by atoms with van der Waals surface area (Å²) in [5.74, 6) is 0. The van der Waals surface area contributed by atoms with Crippen LogP contribution in [-0.2, 0) is 5.60 Å². The Kier molecular flexibility index (Phi) is 4.15. The van der Waals surface area contributed by atoms with Gasteiger partial charge in [-0.3, -0.25) is 0 Å². The number of hydrogen-bond acceptors (Lipinski definition) is 2. The summed E-state index contributed by atoms with van der Waals surface area (Å²) < 4.78 is 0. The van der Waals surface area contributed by atoms with Gasteiger partial charge in [0.05, 0.1) is 0 Å². The van der Waals surface area contributed by atoms with Crippen LogP contribution in [0.15, 0.2) is 91.0 Å². The lowest BCUT2D eigenvalue weighted by Crippen LogP contribution is -2.30. The van der Waals surface area contributed by atoms with E-state index in [9.17, 15) is 5.11 Å². The number of hydrogen-bond donors (Lipinski definition) is 2. The van der Waals surface area contributed by atoms with Gasteiger partial charge in [-0.1, -0.05) is 78.3 Å². The second-order valence-electron chi connectivity index (χ2n) is 6.37. The van der Waals surface area contributed by atoms with Crippen LogP contribution in [0.2, 0.25) is 5.02 Å². The minimum absolute atomic E-state index is 0.546. The molecule has 0 aliphatic rings. The van der Waals surface area contributed by atoms with E-state index < -0.39 is 5.60 Å². The first-order valence-corrected chi connectivity index (χ1v) is 8.79. The van der Waals surface area contributed by atoms with E-state index in [1.807, 2.05) is 78.9 Å². The van der Waals surface area contributed by atoms with E-state index in [0.717, 1.165) is 21.9 Å². The molecule has 3 N–H and O–H groups in total. The highest BCUT2D eigenvalue weighted by atomic mass is 35.5. The number of fused-ring (bicyclic) bond motifs is 1. The summed E-state index contributed by atoms with van der Waals surface area (Å²) in [5, 5.41) is 14.6. The van der Waals surface area contributed by atoms with Crippen molar-refractivity contribution in [2.45, 2.75) is 5.60 Å². The monoisotopic (exact) mass is 359 g/mol. The molecule has 0 amide bonds. The third-order valence-corrected chi connectivity index (χ3v) is 5.01. The fourth-order valence-electron chi connectivity index (χ4n) is 3.42. The Bertz CT molecular complexity index is 1060. The third kappa shape index (κ3) is 2.74. The first-order chi connectivity index (χ1) is 12.6. The molecule has 0 spiro atoms. The van der Waals surface area contributed by atoms with Gasteiger partial charge < -0.3 is 10.8 Å². The zero-order valence-corrected chi connectivity index (χ0v) is 14.8. The molecule has 4 aromatic carbocycles. The molecule has 0 fully saturated rings. The SMILES string of the molecule is Nc1cc2ccccc2cc1C(O)(c1ccccc1)c1ccc(Cl)cc1. The molecule has 1 unspecified atom stereocenters. The Balaban J connectivity index is 2.03. The Morgan fingerprint density at radius 2 is 1.23 bits per heavy atom. The largest absolute Gasteiger partial charge is 0.398 e. The predicted molar refractivity (Wildman–Crippen MR) is 108 cm³/mol. The van der Waals surface area contributed by atoms with E-state index >= 15 is 0 Å². The average Bonchev–Trinajstić information content (AvgIpc) is 2.68. The van der Waals surface area contributed by atoms with Crippen LogP contribution >= 0.6 is 11.6 Å². The summed E-state index contributed by atoms with van der Waals surface area (Å²) in [6.07, 6.45) is 0. The molecule has 1 atom stereocenters. The lowest BCUT2D eigenvalue weighted by molar-refractivity contribution is 0.126. The first kappa shape index (κ1) is 16.6. The molecule has 128 valence electrons. The quantitative estimate of drug-likeness (QED) is 0.382. The number of aliphatic hydroxyl groups is 1. The molecule has 0 aliphatic carbocycles. The van der Waals surface area contributed by atoms with Gasteiger partial charge in [-0.25, -0.2) is 0 Å². The zero-order valence-electron chi connectivity index (χ0n) is 14.1. The summed E-state index contributed by atoms with van der Waals surface area (Å²) in [5.41, 5.74) is 7.69. The summed E-state index contributed by atoms with van der Waals surface area (Å²) in [6, 6.07) is 28.7. The van der Waals surface area contributed by atoms with Crippen molar-refractivity contribution in [3.63, 3.8) is 0 Å². The summed E-state index contributed by atoms with van der Waals surface area (Å²) in [6.45, 7) is 0. The molecule has 26 heavy (non-hydrogen) atoms. The summed E-state index contributed by atoms with van der Waals surface area (Å²) in [4.78, 5) is 0. The zero-order chi connectivity index (χ0) is 18.1. The molecule has 4 aromatic rings. The fraction of sp³-hybridized carbons (Fsp3) is 0.0435. The van der Waals surface area contributed by atoms with Crippen LogP contribution in [0.4, 0.5) is 5.69 Å². The number of nitrogens with two attached hydrogens (primary N) is 1. The minimum Gasteiger partial charge on any atom is -0.398 e. The molecule has 0 heterocycles. The predicted octanol–water partition coefficient (Wildman–Crippen LogP) is 5.36. The number of halogens is 1. The van der Waals surface area contributed by atoms with Crippen molar-refractivity contribution >= 4 is 28.1 Å². The van der Waals surface area contributed by atoms with Crippen LogP contribution in [0.5, 0.6) is 0 Å². The lowest BCUT2D eigenvalue weighted by Gasteiger charge is -2.31. The molecule has 0 saturated heterocycles. The van der Waals surface area contributed by atoms with Gasteiger partial charge >= 0.3 is 0 Å². The number of nitrogen functional groups attached to an aromatic ring is 1. The molecular formula is C23H18ClNO. The topological polar surface area (TPSA) is 46.2 Å². The Hall–Kier alpha value is -2.81. The van der Waals surface area contributed by atoms with Gasteiger partial charge in [0, 0.05) is 16.3 Å². The Morgan fingerprint density at radius 1 is 0.692 bits per heavy atom. The highest BCUT2D eigenvalue weighted by Gasteiger charge is 2.35. The van der Waals surface area contributed by atoms with Crippen molar-refractivity contribution in [3.8, 4) is 0 Å². The number of benzene rings is 4. The van der Waals surface area contributed by atoms with E-state index in [4.69, 9.17) is 17.3 Å². The molecule has 3 heteroatoms. The van der Waals surface area contributed by atoms with Crippen LogP contribution in [0, 0.1) is 0 Å². The summed E-state index contributed by atoms with van der Waals surface area (Å²) >= 11 is 6.06. The maximum Gasteiger partial charge on any atom is 0.142 e. The van der Waals surface area contributed by atoms with E-state index in [-0.39, 0.29) is 0 Å². The Morgan fingerprint density at radius 3 is 1.88 bits per heavy atom. The van der Waals surface area contributed by atoms with E-state index in [2.05, 4.69) is 0 Å². The highest BCUT2D eigenvalue weighted by Crippen LogP contribution is 2.41. The van der Waals surface area contributed by atoms with Gasteiger partial charge in [0.25, 0.3) is 0 Å². The van der Waals surface area contributed by atoms with Crippen LogP contribution in [0.25, 0.3) is 10.8 Å². The lowest BCUT2D eigenvalue weighted by atomic mass is 9.79. The molecule has 2 nitrogen and oxygen atoms in total. The van der Waals surface area contributed by atoms with E-state index in [1.165, 1.54) is 0 Å². The van der Waals surface area contributed by atoms with Crippen LogP contribution in [-0.4, -0.2) is 5.11 Å². The fourth-order valence-corrected chi connectivity index (χ4v) is 3.55. The van der Waals surface area contributed by atoms with Crippen molar-refractivity contribution in [2.24, 2.45) is 0 Å². The minimum atomic E-state index is -1.38. The number of anilines is 1. The molecular weight excluding hydrogens is 342 g/mol. The van der Waals surface area contributed by atoms with Crippen molar-refractivity contribution < 1.29 is 5.11 Å². The van der Waals surface area contributed by atoms with Gasteiger partial charge in [0.1, 0.15) is 5.60 Å². The molecule has 0 bridgehead atoms. The maximum absolute atomic E-state index is 11.9. The van der Waals surface area contributed by atoms with Gasteiger partial charge in [0.2, 0.25) is 0 Å². The second kappa shape index (κ2) is 6.49. The van der Waals surface area contributed by atoms with Crippen LogP contribution < -0.4 is 5.73 Å². The molecule has 4 rings (SSSR count). The standard InChI is InChI=1S/C23H18ClNO/c24-20-12-10-19(11-13-20)23(26,18-8-2-1-3-9-18)21-14-16-6-4-5-7-17(16)15-22(21)25/h1-15,26H,25H2. The van der Waals surface area contributed by atoms with Crippen LogP contribution in [0.1, 0.15) is 16.7 Å². The van der Waals surface area contributed by atoms with Crippen molar-refractivity contribution in [2.75, 3.05) is 5.73 Å². The van der Waals surface area contributed by atoms with Crippen molar-refractivity contribution in [1.82, 2.24) is 0 Å². The van der Waals surface area contributed by atoms with Gasteiger partial charge in [-0.15, -0.1) is 0 Å². The third-order valence-electron chi connectivity index (χ3n) is 4.76. The molecule has 0 aliphatic heterocycles. The van der Waals surface area contributed by atoms with E-state index in [1.54, 1.807) is 12.1 Å². The average molecular weight is 360 g/mol. The summed E-state index contributed by atoms with van der Waals surface area (Å²) in [7, 11) is 0. The van der Waals surface area contributed by atoms with Crippen LogP contribution in [0.3, 0.4) is 0 Å². The second-order valence-corrected chi connectivity index (χ2v) is 6.81. The van der Waals surface area contributed by atoms with E-state index in [0.29, 0.717) is 16.3 Å².